The van der Waals surface area contributed by atoms with E-state index in [0.717, 1.165) is 5.56 Å². The van der Waals surface area contributed by atoms with Crippen molar-refractivity contribution in [2.45, 2.75) is 44.7 Å². The van der Waals surface area contributed by atoms with Crippen LogP contribution in [0.1, 0.15) is 32.3 Å². The molecule has 4 nitrogen and oxygen atoms in total. The molecule has 0 fully saturated rings. The molecule has 0 heterocycles. The highest BCUT2D eigenvalue weighted by molar-refractivity contribution is 5.82. The van der Waals surface area contributed by atoms with Gasteiger partial charge in [-0.3, -0.25) is 4.79 Å². The molecule has 1 aromatic carbocycles. The van der Waals surface area contributed by atoms with E-state index in [-0.39, 0.29) is 12.5 Å². The van der Waals surface area contributed by atoms with Crippen molar-refractivity contribution in [1.29, 1.82) is 0 Å². The highest BCUT2D eigenvalue weighted by Crippen LogP contribution is 2.14. The van der Waals surface area contributed by atoms with Crippen LogP contribution >= 0.6 is 0 Å². The summed E-state index contributed by atoms with van der Waals surface area (Å²) in [6.45, 7) is 3.83. The first-order valence-electron chi connectivity index (χ1n) is 6.79. The molecule has 4 N–H and O–H groups in total. The molecule has 1 aromatic rings. The fourth-order valence-corrected chi connectivity index (χ4v) is 2.00. The SMILES string of the molecule is CCC(CC)(CO)NC(=O)C(N)Cc1ccccc1. The zero-order chi connectivity index (χ0) is 14.3. The van der Waals surface area contributed by atoms with Crippen molar-refractivity contribution in [2.24, 2.45) is 5.73 Å². The van der Waals surface area contributed by atoms with Crippen LogP contribution in [0.2, 0.25) is 0 Å². The molecule has 1 unspecified atom stereocenters. The minimum atomic E-state index is -0.591. The van der Waals surface area contributed by atoms with Gasteiger partial charge in [0.25, 0.3) is 0 Å². The summed E-state index contributed by atoms with van der Waals surface area (Å²) in [7, 11) is 0. The standard InChI is InChI=1S/C15H24N2O2/c1-3-15(4-2,11-18)17-14(19)13(16)10-12-8-6-5-7-9-12/h5-9,13,18H,3-4,10-11,16H2,1-2H3,(H,17,19). The molecular formula is C15H24N2O2. The van der Waals surface area contributed by atoms with E-state index in [9.17, 15) is 9.90 Å². The summed E-state index contributed by atoms with van der Waals surface area (Å²) in [5.41, 5.74) is 6.41. The van der Waals surface area contributed by atoms with Crippen LogP contribution in [0.5, 0.6) is 0 Å². The van der Waals surface area contributed by atoms with E-state index >= 15 is 0 Å². The normalized spacial score (nSPS) is 13.1. The Hall–Kier alpha value is -1.39. The van der Waals surface area contributed by atoms with E-state index in [1.54, 1.807) is 0 Å². The minimum absolute atomic E-state index is 0.0657. The molecule has 4 heteroatoms. The van der Waals surface area contributed by atoms with E-state index in [0.29, 0.717) is 19.3 Å². The average molecular weight is 264 g/mol. The van der Waals surface area contributed by atoms with Crippen molar-refractivity contribution in [1.82, 2.24) is 5.32 Å². The Kier molecular flexibility index (Phi) is 5.99. The Bertz CT molecular complexity index is 380. The van der Waals surface area contributed by atoms with Crippen LogP contribution in [0.25, 0.3) is 0 Å². The van der Waals surface area contributed by atoms with Crippen molar-refractivity contribution >= 4 is 5.91 Å². The third-order valence-electron chi connectivity index (χ3n) is 3.68. The number of carbonyl (C=O) groups is 1. The molecule has 19 heavy (non-hydrogen) atoms. The van der Waals surface area contributed by atoms with Gasteiger partial charge in [-0.2, -0.15) is 0 Å². The zero-order valence-corrected chi connectivity index (χ0v) is 11.7. The van der Waals surface area contributed by atoms with Gasteiger partial charge in [-0.1, -0.05) is 44.2 Å². The number of aliphatic hydroxyl groups is 1. The van der Waals surface area contributed by atoms with E-state index in [2.05, 4.69) is 5.32 Å². The first-order chi connectivity index (χ1) is 9.06. The van der Waals surface area contributed by atoms with Crippen LogP contribution < -0.4 is 11.1 Å². The lowest BCUT2D eigenvalue weighted by molar-refractivity contribution is -0.125. The average Bonchev–Trinajstić information content (AvgIpc) is 2.45. The number of benzene rings is 1. The lowest BCUT2D eigenvalue weighted by Crippen LogP contribution is -2.55. The maximum Gasteiger partial charge on any atom is 0.237 e. The molecule has 1 rings (SSSR count). The van der Waals surface area contributed by atoms with Crippen molar-refractivity contribution in [2.75, 3.05) is 6.61 Å². The van der Waals surface area contributed by atoms with Gasteiger partial charge in [-0.15, -0.1) is 0 Å². The Balaban J connectivity index is 2.62. The smallest absolute Gasteiger partial charge is 0.237 e. The largest absolute Gasteiger partial charge is 0.394 e. The number of nitrogens with two attached hydrogens (primary N) is 1. The topological polar surface area (TPSA) is 75.3 Å². The third-order valence-corrected chi connectivity index (χ3v) is 3.68. The van der Waals surface area contributed by atoms with E-state index in [1.807, 2.05) is 44.2 Å². The Morgan fingerprint density at radius 1 is 1.32 bits per heavy atom. The second kappa shape index (κ2) is 7.26. The molecule has 1 atom stereocenters. The second-order valence-corrected chi connectivity index (χ2v) is 4.93. The molecule has 0 radical (unpaired) electrons. The van der Waals surface area contributed by atoms with Gasteiger partial charge in [0.2, 0.25) is 5.91 Å². The molecule has 0 saturated carbocycles. The number of hydrogen-bond donors (Lipinski definition) is 3. The van der Waals surface area contributed by atoms with Gasteiger partial charge >= 0.3 is 0 Å². The molecular weight excluding hydrogens is 240 g/mol. The summed E-state index contributed by atoms with van der Waals surface area (Å²) in [5, 5.41) is 12.3. The number of amides is 1. The molecule has 0 spiro atoms. The summed E-state index contributed by atoms with van der Waals surface area (Å²) in [6, 6.07) is 9.09. The van der Waals surface area contributed by atoms with Crippen LogP contribution in [0.3, 0.4) is 0 Å². The van der Waals surface area contributed by atoms with E-state index < -0.39 is 11.6 Å². The molecule has 0 aromatic heterocycles. The molecule has 0 aliphatic heterocycles. The summed E-state index contributed by atoms with van der Waals surface area (Å²) < 4.78 is 0. The van der Waals surface area contributed by atoms with Gasteiger partial charge in [0.15, 0.2) is 0 Å². The van der Waals surface area contributed by atoms with E-state index in [1.165, 1.54) is 0 Å². The van der Waals surface area contributed by atoms with Gasteiger partial charge in [0, 0.05) is 0 Å². The highest BCUT2D eigenvalue weighted by Gasteiger charge is 2.29. The predicted molar refractivity (Wildman–Crippen MR) is 76.7 cm³/mol. The van der Waals surface area contributed by atoms with Crippen LogP contribution in [0.4, 0.5) is 0 Å². The Labute approximate surface area is 115 Å². The number of hydrogen-bond acceptors (Lipinski definition) is 3. The van der Waals surface area contributed by atoms with Crippen molar-refractivity contribution in [3.63, 3.8) is 0 Å². The van der Waals surface area contributed by atoms with Crippen molar-refractivity contribution < 1.29 is 9.90 Å². The predicted octanol–water partition coefficient (Wildman–Crippen LogP) is 1.22. The fourth-order valence-electron chi connectivity index (χ4n) is 2.00. The number of carbonyl (C=O) groups excluding carboxylic acids is 1. The molecule has 0 saturated heterocycles. The zero-order valence-electron chi connectivity index (χ0n) is 11.7. The fraction of sp³-hybridized carbons (Fsp3) is 0.533. The Morgan fingerprint density at radius 2 is 1.89 bits per heavy atom. The van der Waals surface area contributed by atoms with Crippen molar-refractivity contribution in [3.8, 4) is 0 Å². The molecule has 1 amide bonds. The first-order valence-corrected chi connectivity index (χ1v) is 6.79. The molecule has 0 aliphatic rings. The molecule has 0 bridgehead atoms. The summed E-state index contributed by atoms with van der Waals surface area (Å²) in [5.74, 6) is -0.207. The lowest BCUT2D eigenvalue weighted by atomic mass is 9.93. The quantitative estimate of drug-likeness (QED) is 0.693. The van der Waals surface area contributed by atoms with Crippen LogP contribution in [-0.4, -0.2) is 29.2 Å². The number of rotatable bonds is 7. The maximum atomic E-state index is 12.1. The summed E-state index contributed by atoms with van der Waals surface area (Å²) in [6.07, 6.45) is 1.87. The number of nitrogens with one attached hydrogen (secondary N) is 1. The number of aliphatic hydroxyl groups excluding tert-OH is 1. The maximum absolute atomic E-state index is 12.1. The lowest BCUT2D eigenvalue weighted by Gasteiger charge is -2.32. The van der Waals surface area contributed by atoms with Crippen LogP contribution in [0, 0.1) is 0 Å². The highest BCUT2D eigenvalue weighted by atomic mass is 16.3. The van der Waals surface area contributed by atoms with Gasteiger partial charge in [-0.25, -0.2) is 0 Å². The Morgan fingerprint density at radius 3 is 2.37 bits per heavy atom. The van der Waals surface area contributed by atoms with E-state index in [4.69, 9.17) is 5.73 Å². The van der Waals surface area contributed by atoms with Crippen molar-refractivity contribution in [3.05, 3.63) is 35.9 Å². The monoisotopic (exact) mass is 264 g/mol. The van der Waals surface area contributed by atoms with Gasteiger partial charge in [-0.05, 0) is 24.8 Å². The van der Waals surface area contributed by atoms with Crippen LogP contribution in [-0.2, 0) is 11.2 Å². The molecule has 0 aliphatic carbocycles. The summed E-state index contributed by atoms with van der Waals surface area (Å²) >= 11 is 0. The second-order valence-electron chi connectivity index (χ2n) is 4.93. The van der Waals surface area contributed by atoms with Gasteiger partial charge in [0.1, 0.15) is 0 Å². The molecule has 106 valence electrons. The minimum Gasteiger partial charge on any atom is -0.394 e. The first kappa shape index (κ1) is 15.7. The van der Waals surface area contributed by atoms with Gasteiger partial charge in [0.05, 0.1) is 18.2 Å². The third kappa shape index (κ3) is 4.33. The van der Waals surface area contributed by atoms with Gasteiger partial charge < -0.3 is 16.2 Å². The van der Waals surface area contributed by atoms with Crippen LogP contribution in [0.15, 0.2) is 30.3 Å². The summed E-state index contributed by atoms with van der Waals surface area (Å²) in [4.78, 5) is 12.1.